The first-order valence-corrected chi connectivity index (χ1v) is 6.54. The van der Waals surface area contributed by atoms with Crippen LogP contribution in [0.5, 0.6) is 0 Å². The molecule has 0 aliphatic rings. The maximum absolute atomic E-state index is 11.9. The minimum absolute atomic E-state index is 0.138. The largest absolute Gasteiger partial charge is 0.477 e. The molecule has 104 valence electrons. The maximum Gasteiger partial charge on any atom is 0.346 e. The first-order valence-electron chi connectivity index (χ1n) is 5.73. The average Bonchev–Trinajstić information content (AvgIpc) is 2.95. The van der Waals surface area contributed by atoms with Crippen molar-refractivity contribution in [3.63, 3.8) is 0 Å². The molecule has 3 N–H and O–H groups in total. The molecule has 0 atom stereocenters. The highest BCUT2D eigenvalue weighted by molar-refractivity contribution is 7.18. The Bertz CT molecular complexity index is 699. The Hall–Kier alpha value is -2.41. The summed E-state index contributed by atoms with van der Waals surface area (Å²) >= 11 is 0.991. The third-order valence-corrected chi connectivity index (χ3v) is 3.82. The highest BCUT2D eigenvalue weighted by Crippen LogP contribution is 2.26. The van der Waals surface area contributed by atoms with Crippen LogP contribution >= 0.6 is 11.3 Å². The van der Waals surface area contributed by atoms with Crippen molar-refractivity contribution in [2.75, 3.05) is 5.32 Å². The summed E-state index contributed by atoms with van der Waals surface area (Å²) in [4.78, 5) is 36.9. The summed E-state index contributed by atoms with van der Waals surface area (Å²) in [5, 5.41) is 12.0. The molecule has 2 aromatic heterocycles. The molecule has 2 aromatic rings. The van der Waals surface area contributed by atoms with Gasteiger partial charge in [-0.15, -0.1) is 11.3 Å². The van der Waals surface area contributed by atoms with Gasteiger partial charge in [-0.2, -0.15) is 0 Å². The van der Waals surface area contributed by atoms with E-state index >= 15 is 0 Å². The number of rotatable bonds is 4. The highest BCUT2D eigenvalue weighted by atomic mass is 32.1. The lowest BCUT2D eigenvalue weighted by Crippen LogP contribution is -2.11. The van der Waals surface area contributed by atoms with E-state index in [2.05, 4.69) is 10.3 Å². The van der Waals surface area contributed by atoms with E-state index in [0.717, 1.165) is 11.3 Å². The zero-order valence-electron chi connectivity index (χ0n) is 10.8. The van der Waals surface area contributed by atoms with E-state index in [1.165, 1.54) is 19.2 Å². The Kier molecular flexibility index (Phi) is 3.71. The van der Waals surface area contributed by atoms with Gasteiger partial charge in [-0.1, -0.05) is 0 Å². The predicted octanol–water partition coefficient (Wildman–Crippen LogP) is 2.54. The van der Waals surface area contributed by atoms with Crippen molar-refractivity contribution in [2.24, 2.45) is 0 Å². The molecule has 7 heteroatoms. The van der Waals surface area contributed by atoms with Gasteiger partial charge in [0.2, 0.25) is 0 Å². The third-order valence-electron chi connectivity index (χ3n) is 2.68. The lowest BCUT2D eigenvalue weighted by Gasteiger charge is -1.99. The summed E-state index contributed by atoms with van der Waals surface area (Å²) in [6.07, 6.45) is 1.46. The lowest BCUT2D eigenvalue weighted by molar-refractivity contribution is 0.0701. The van der Waals surface area contributed by atoms with Crippen LogP contribution < -0.4 is 5.32 Å². The minimum Gasteiger partial charge on any atom is -0.477 e. The molecule has 0 radical (unpaired) electrons. The number of carbonyl (C=O) groups excluding carboxylic acids is 2. The molecular weight excluding hydrogens is 280 g/mol. The second-order valence-electron chi connectivity index (χ2n) is 4.24. The molecule has 0 bridgehead atoms. The zero-order valence-corrected chi connectivity index (χ0v) is 11.6. The number of amides is 1. The smallest absolute Gasteiger partial charge is 0.346 e. The van der Waals surface area contributed by atoms with Gasteiger partial charge in [0.25, 0.3) is 5.91 Å². The summed E-state index contributed by atoms with van der Waals surface area (Å²) < 4.78 is 0. The second kappa shape index (κ2) is 5.30. The molecule has 6 nitrogen and oxygen atoms in total. The molecule has 0 aliphatic heterocycles. The minimum atomic E-state index is -1.02. The number of thiophene rings is 1. The Morgan fingerprint density at radius 2 is 2.00 bits per heavy atom. The van der Waals surface area contributed by atoms with Crippen LogP contribution in [0, 0.1) is 6.92 Å². The number of hydrogen-bond acceptors (Lipinski definition) is 4. The van der Waals surface area contributed by atoms with Crippen LogP contribution in [-0.4, -0.2) is 27.8 Å². The van der Waals surface area contributed by atoms with Crippen molar-refractivity contribution in [1.29, 1.82) is 0 Å². The van der Waals surface area contributed by atoms with Crippen LogP contribution in [0.2, 0.25) is 0 Å². The fourth-order valence-electron chi connectivity index (χ4n) is 1.66. The van der Waals surface area contributed by atoms with Crippen molar-refractivity contribution in [1.82, 2.24) is 4.98 Å². The number of carboxylic acid groups (broad SMARTS) is 1. The van der Waals surface area contributed by atoms with Gasteiger partial charge in [0.15, 0.2) is 5.78 Å². The number of Topliss-reactive ketones (excluding diaryl/α,β-unsaturated/α-hetero) is 1. The number of carbonyl (C=O) groups is 3. The number of anilines is 1. The number of carboxylic acids is 1. The summed E-state index contributed by atoms with van der Waals surface area (Å²) in [5.41, 5.74) is 1.26. The first-order chi connectivity index (χ1) is 9.38. The van der Waals surface area contributed by atoms with Crippen molar-refractivity contribution in [3.05, 3.63) is 40.0 Å². The van der Waals surface area contributed by atoms with E-state index in [9.17, 15) is 14.4 Å². The van der Waals surface area contributed by atoms with Gasteiger partial charge in [0, 0.05) is 11.8 Å². The van der Waals surface area contributed by atoms with Gasteiger partial charge < -0.3 is 15.4 Å². The van der Waals surface area contributed by atoms with Crippen LogP contribution in [-0.2, 0) is 0 Å². The number of hydrogen-bond donors (Lipinski definition) is 3. The fourth-order valence-corrected chi connectivity index (χ4v) is 2.57. The van der Waals surface area contributed by atoms with Crippen LogP contribution in [0.3, 0.4) is 0 Å². The summed E-state index contributed by atoms with van der Waals surface area (Å²) in [6.45, 7) is 3.07. The summed E-state index contributed by atoms with van der Waals surface area (Å²) in [6, 6.07) is 3.05. The third kappa shape index (κ3) is 2.77. The van der Waals surface area contributed by atoms with Crippen molar-refractivity contribution >= 4 is 34.0 Å². The second-order valence-corrected chi connectivity index (χ2v) is 5.29. The normalized spacial score (nSPS) is 10.3. The number of ketones is 1. The van der Waals surface area contributed by atoms with Crippen LogP contribution in [0.4, 0.5) is 5.00 Å². The van der Waals surface area contributed by atoms with Gasteiger partial charge >= 0.3 is 5.97 Å². The van der Waals surface area contributed by atoms with E-state index < -0.39 is 11.9 Å². The van der Waals surface area contributed by atoms with E-state index in [1.807, 2.05) is 0 Å². The summed E-state index contributed by atoms with van der Waals surface area (Å²) in [5.74, 6) is -1.58. The Balaban J connectivity index is 2.16. The van der Waals surface area contributed by atoms with E-state index in [0.29, 0.717) is 16.1 Å². The van der Waals surface area contributed by atoms with Crippen molar-refractivity contribution in [3.8, 4) is 0 Å². The standard InChI is InChI=1S/C13H12N2O4S/c1-6-3-10(20-11(6)13(18)19)15-12(17)9-4-8(5-14-9)7(2)16/h3-5,14H,1-2H3,(H,15,17)(H,18,19). The van der Waals surface area contributed by atoms with Gasteiger partial charge in [0.1, 0.15) is 10.6 Å². The summed E-state index contributed by atoms with van der Waals surface area (Å²) in [7, 11) is 0. The number of aromatic amines is 1. The topological polar surface area (TPSA) is 99.3 Å². The molecular formula is C13H12N2O4S. The van der Waals surface area contributed by atoms with Crippen LogP contribution in [0.25, 0.3) is 0 Å². The molecule has 0 spiro atoms. The molecule has 1 amide bonds. The fraction of sp³-hybridized carbons (Fsp3) is 0.154. The van der Waals surface area contributed by atoms with E-state index in [-0.39, 0.29) is 16.4 Å². The predicted molar refractivity (Wildman–Crippen MR) is 74.8 cm³/mol. The van der Waals surface area contributed by atoms with Gasteiger partial charge in [-0.05, 0) is 31.5 Å². The molecule has 0 aliphatic carbocycles. The first kappa shape index (κ1) is 14.0. The van der Waals surface area contributed by atoms with E-state index in [4.69, 9.17) is 5.11 Å². The molecule has 0 aromatic carbocycles. The molecule has 2 heterocycles. The number of aromatic nitrogens is 1. The Morgan fingerprint density at radius 3 is 2.50 bits per heavy atom. The van der Waals surface area contributed by atoms with Gasteiger partial charge in [-0.3, -0.25) is 9.59 Å². The molecule has 0 fully saturated rings. The SMILES string of the molecule is CC(=O)c1c[nH]c(C(=O)Nc2cc(C)c(C(=O)O)s2)c1. The lowest BCUT2D eigenvalue weighted by atomic mass is 10.2. The zero-order chi connectivity index (χ0) is 14.9. The monoisotopic (exact) mass is 292 g/mol. The number of H-pyrrole nitrogens is 1. The molecule has 0 unspecified atom stereocenters. The number of nitrogens with one attached hydrogen (secondary N) is 2. The molecule has 0 saturated carbocycles. The van der Waals surface area contributed by atoms with Crippen LogP contribution in [0.1, 0.15) is 43.0 Å². The maximum atomic E-state index is 11.9. The number of aromatic carboxylic acids is 1. The molecule has 0 saturated heterocycles. The van der Waals surface area contributed by atoms with Crippen molar-refractivity contribution in [2.45, 2.75) is 13.8 Å². The molecule has 2 rings (SSSR count). The number of aryl methyl sites for hydroxylation is 1. The Morgan fingerprint density at radius 1 is 1.30 bits per heavy atom. The van der Waals surface area contributed by atoms with Crippen LogP contribution in [0.15, 0.2) is 18.3 Å². The van der Waals surface area contributed by atoms with Gasteiger partial charge in [0.05, 0.1) is 5.00 Å². The molecule has 20 heavy (non-hydrogen) atoms. The average molecular weight is 292 g/mol. The Labute approximate surface area is 118 Å². The van der Waals surface area contributed by atoms with Gasteiger partial charge in [-0.25, -0.2) is 4.79 Å². The van der Waals surface area contributed by atoms with Crippen molar-refractivity contribution < 1.29 is 19.5 Å². The highest BCUT2D eigenvalue weighted by Gasteiger charge is 2.15. The van der Waals surface area contributed by atoms with E-state index in [1.54, 1.807) is 13.0 Å². The quantitative estimate of drug-likeness (QED) is 0.754.